The second kappa shape index (κ2) is 6.91. The van der Waals surface area contributed by atoms with Gasteiger partial charge < -0.3 is 15.0 Å². The molecule has 1 amide bonds. The summed E-state index contributed by atoms with van der Waals surface area (Å²) in [5.74, 6) is 1.87. The van der Waals surface area contributed by atoms with E-state index in [2.05, 4.69) is 36.2 Å². The van der Waals surface area contributed by atoms with Gasteiger partial charge in [-0.15, -0.1) is 0 Å². The van der Waals surface area contributed by atoms with E-state index in [1.54, 1.807) is 0 Å². The van der Waals surface area contributed by atoms with Gasteiger partial charge in [0.2, 0.25) is 0 Å². The lowest BCUT2D eigenvalue weighted by molar-refractivity contribution is -0.125. The minimum absolute atomic E-state index is 0.0000350. The number of nitrogens with zero attached hydrogens (tertiary/aromatic N) is 1. The molecule has 4 nitrogen and oxygen atoms in total. The van der Waals surface area contributed by atoms with Crippen LogP contribution >= 0.6 is 0 Å². The van der Waals surface area contributed by atoms with Crippen LogP contribution in [0.15, 0.2) is 18.2 Å². The highest BCUT2D eigenvalue weighted by Gasteiger charge is 2.34. The van der Waals surface area contributed by atoms with Crippen LogP contribution in [0.3, 0.4) is 0 Å². The van der Waals surface area contributed by atoms with E-state index in [0.717, 1.165) is 23.4 Å². The third kappa shape index (κ3) is 3.86. The van der Waals surface area contributed by atoms with Crippen LogP contribution in [-0.4, -0.2) is 43.1 Å². The Labute approximate surface area is 139 Å². The highest BCUT2D eigenvalue weighted by atomic mass is 16.5. The third-order valence-corrected chi connectivity index (χ3v) is 5.15. The molecule has 2 bridgehead atoms. The quantitative estimate of drug-likeness (QED) is 0.908. The molecule has 0 aromatic heterocycles. The lowest BCUT2D eigenvalue weighted by Gasteiger charge is -2.44. The minimum Gasteiger partial charge on any atom is -0.483 e. The van der Waals surface area contributed by atoms with Gasteiger partial charge in [0.25, 0.3) is 5.91 Å². The number of piperidine rings is 3. The number of ether oxygens (including phenoxy) is 1. The summed E-state index contributed by atoms with van der Waals surface area (Å²) in [7, 11) is 0. The van der Waals surface area contributed by atoms with E-state index in [1.807, 2.05) is 13.0 Å². The molecule has 3 fully saturated rings. The fourth-order valence-corrected chi connectivity index (χ4v) is 3.76. The van der Waals surface area contributed by atoms with Crippen molar-refractivity contribution in [3.05, 3.63) is 29.3 Å². The molecule has 1 unspecified atom stereocenters. The van der Waals surface area contributed by atoms with E-state index in [1.165, 1.54) is 25.9 Å². The highest BCUT2D eigenvalue weighted by Crippen LogP contribution is 2.28. The van der Waals surface area contributed by atoms with Gasteiger partial charge in [-0.3, -0.25) is 4.79 Å². The molecule has 0 spiro atoms. The number of nitrogens with one attached hydrogen (secondary N) is 1. The van der Waals surface area contributed by atoms with Crippen molar-refractivity contribution >= 4 is 5.91 Å². The molecule has 126 valence electrons. The summed E-state index contributed by atoms with van der Waals surface area (Å²) in [6.07, 6.45) is 2.42. The number of rotatable bonds is 5. The van der Waals surface area contributed by atoms with E-state index >= 15 is 0 Å². The van der Waals surface area contributed by atoms with E-state index in [4.69, 9.17) is 4.74 Å². The number of aryl methyl sites for hydroxylation is 1. The second-order valence-corrected chi connectivity index (χ2v) is 7.30. The highest BCUT2D eigenvalue weighted by molar-refractivity contribution is 5.78. The van der Waals surface area contributed by atoms with Crippen LogP contribution in [0.1, 0.15) is 43.7 Å². The predicted molar refractivity (Wildman–Crippen MR) is 91.9 cm³/mol. The van der Waals surface area contributed by atoms with Crippen molar-refractivity contribution in [2.45, 2.75) is 45.6 Å². The number of carbonyl (C=O) groups is 1. The fraction of sp³-hybridized carbons (Fsp3) is 0.632. The molecule has 3 heterocycles. The molecule has 1 N–H and O–H groups in total. The molecule has 1 aromatic carbocycles. The maximum Gasteiger partial charge on any atom is 0.258 e. The zero-order valence-electron chi connectivity index (χ0n) is 14.5. The Morgan fingerprint density at radius 1 is 1.35 bits per heavy atom. The second-order valence-electron chi connectivity index (χ2n) is 7.30. The molecule has 0 aliphatic carbocycles. The van der Waals surface area contributed by atoms with Gasteiger partial charge in [-0.1, -0.05) is 26.0 Å². The molecule has 1 aromatic rings. The zero-order chi connectivity index (χ0) is 16.4. The molecule has 23 heavy (non-hydrogen) atoms. The van der Waals surface area contributed by atoms with Crippen molar-refractivity contribution in [1.29, 1.82) is 0 Å². The Hall–Kier alpha value is -1.55. The van der Waals surface area contributed by atoms with Gasteiger partial charge in [-0.2, -0.15) is 0 Å². The Morgan fingerprint density at radius 2 is 2.09 bits per heavy atom. The number of carbonyl (C=O) groups excluding carboxylic acids is 1. The van der Waals surface area contributed by atoms with Gasteiger partial charge in [0, 0.05) is 12.6 Å². The van der Waals surface area contributed by atoms with Crippen LogP contribution < -0.4 is 10.1 Å². The van der Waals surface area contributed by atoms with Crippen molar-refractivity contribution in [3.63, 3.8) is 0 Å². The topological polar surface area (TPSA) is 41.6 Å². The maximum atomic E-state index is 12.3. The maximum absolute atomic E-state index is 12.3. The minimum atomic E-state index is -0.0000350. The predicted octanol–water partition coefficient (Wildman–Crippen LogP) is 2.71. The average molecular weight is 316 g/mol. The molecule has 0 saturated carbocycles. The van der Waals surface area contributed by atoms with E-state index in [0.29, 0.717) is 17.9 Å². The van der Waals surface area contributed by atoms with E-state index in [9.17, 15) is 4.79 Å². The Bertz CT molecular complexity index is 562. The van der Waals surface area contributed by atoms with Gasteiger partial charge >= 0.3 is 0 Å². The summed E-state index contributed by atoms with van der Waals surface area (Å²) in [5.41, 5.74) is 2.31. The first-order valence-electron chi connectivity index (χ1n) is 8.78. The average Bonchev–Trinajstić information content (AvgIpc) is 2.54. The van der Waals surface area contributed by atoms with Crippen molar-refractivity contribution in [3.8, 4) is 5.75 Å². The SMILES string of the molecule is Cc1ccc(C(C)C)c(OCC(=O)NC2CN3CCC2CC3)c1. The molecule has 3 aliphatic rings. The Balaban J connectivity index is 1.56. The smallest absolute Gasteiger partial charge is 0.258 e. The largest absolute Gasteiger partial charge is 0.483 e. The summed E-state index contributed by atoms with van der Waals surface area (Å²) in [4.78, 5) is 14.7. The molecular weight excluding hydrogens is 288 g/mol. The van der Waals surface area contributed by atoms with Gasteiger partial charge in [-0.05, 0) is 61.9 Å². The van der Waals surface area contributed by atoms with Gasteiger partial charge in [0.15, 0.2) is 6.61 Å². The van der Waals surface area contributed by atoms with Crippen LogP contribution in [0.4, 0.5) is 0 Å². The van der Waals surface area contributed by atoms with Crippen molar-refractivity contribution < 1.29 is 9.53 Å². The van der Waals surface area contributed by atoms with Crippen LogP contribution in [0.5, 0.6) is 5.75 Å². The first-order chi connectivity index (χ1) is 11.0. The summed E-state index contributed by atoms with van der Waals surface area (Å²) < 4.78 is 5.84. The summed E-state index contributed by atoms with van der Waals surface area (Å²) in [6, 6.07) is 6.52. The van der Waals surface area contributed by atoms with Gasteiger partial charge in [0.05, 0.1) is 0 Å². The first-order valence-corrected chi connectivity index (χ1v) is 8.78. The number of benzene rings is 1. The molecule has 3 aliphatic heterocycles. The molecule has 0 radical (unpaired) electrons. The van der Waals surface area contributed by atoms with Crippen molar-refractivity contribution in [2.24, 2.45) is 5.92 Å². The Morgan fingerprint density at radius 3 is 2.70 bits per heavy atom. The lowest BCUT2D eigenvalue weighted by atomic mass is 9.84. The third-order valence-electron chi connectivity index (χ3n) is 5.15. The summed E-state index contributed by atoms with van der Waals surface area (Å²) in [6.45, 7) is 9.81. The number of amides is 1. The number of fused-ring (bicyclic) bond motifs is 3. The van der Waals surface area contributed by atoms with E-state index in [-0.39, 0.29) is 12.5 Å². The van der Waals surface area contributed by atoms with Gasteiger partial charge in [0.1, 0.15) is 5.75 Å². The zero-order valence-corrected chi connectivity index (χ0v) is 14.5. The molecule has 4 rings (SSSR count). The van der Waals surface area contributed by atoms with E-state index < -0.39 is 0 Å². The monoisotopic (exact) mass is 316 g/mol. The number of hydrogen-bond donors (Lipinski definition) is 1. The van der Waals surface area contributed by atoms with Crippen LogP contribution in [0.2, 0.25) is 0 Å². The summed E-state index contributed by atoms with van der Waals surface area (Å²) >= 11 is 0. The van der Waals surface area contributed by atoms with Crippen molar-refractivity contribution in [1.82, 2.24) is 10.2 Å². The first kappa shape index (κ1) is 16.3. The number of hydrogen-bond acceptors (Lipinski definition) is 3. The van der Waals surface area contributed by atoms with Crippen LogP contribution in [0, 0.1) is 12.8 Å². The summed E-state index contributed by atoms with van der Waals surface area (Å²) in [5, 5.41) is 3.18. The Kier molecular flexibility index (Phi) is 4.90. The molecular formula is C19H28N2O2. The standard InChI is InChI=1S/C19H28N2O2/c1-13(2)16-5-4-14(3)10-18(16)23-12-19(22)20-17-11-21-8-6-15(17)7-9-21/h4-5,10,13,15,17H,6-9,11-12H2,1-3H3,(H,20,22). The van der Waals surface area contributed by atoms with Gasteiger partial charge in [-0.25, -0.2) is 0 Å². The fourth-order valence-electron chi connectivity index (χ4n) is 3.76. The lowest BCUT2D eigenvalue weighted by Crippen LogP contribution is -2.57. The van der Waals surface area contributed by atoms with Crippen LogP contribution in [-0.2, 0) is 4.79 Å². The van der Waals surface area contributed by atoms with Crippen molar-refractivity contribution in [2.75, 3.05) is 26.2 Å². The molecule has 3 saturated heterocycles. The van der Waals surface area contributed by atoms with Crippen LogP contribution in [0.25, 0.3) is 0 Å². The molecule has 1 atom stereocenters. The molecule has 4 heteroatoms. The normalized spacial score (nSPS) is 26.3.